The van der Waals surface area contributed by atoms with Gasteiger partial charge >= 0.3 is 0 Å². The second-order valence-corrected chi connectivity index (χ2v) is 7.27. The Morgan fingerprint density at radius 2 is 1.90 bits per heavy atom. The van der Waals surface area contributed by atoms with Crippen molar-refractivity contribution < 1.29 is 8.42 Å². The van der Waals surface area contributed by atoms with Gasteiger partial charge in [0.05, 0.1) is 4.90 Å². The first-order valence-electron chi connectivity index (χ1n) is 7.47. The summed E-state index contributed by atoms with van der Waals surface area (Å²) in [5, 5.41) is 0. The van der Waals surface area contributed by atoms with Crippen LogP contribution in [0.2, 0.25) is 0 Å². The Kier molecular flexibility index (Phi) is 6.69. The number of benzene rings is 1. The van der Waals surface area contributed by atoms with Crippen LogP contribution in [0.25, 0.3) is 0 Å². The van der Waals surface area contributed by atoms with E-state index in [4.69, 9.17) is 0 Å². The van der Waals surface area contributed by atoms with Crippen LogP contribution in [0.15, 0.2) is 23.1 Å². The molecule has 0 aliphatic heterocycles. The van der Waals surface area contributed by atoms with Crippen molar-refractivity contribution in [1.82, 2.24) is 4.72 Å². The molecule has 0 aliphatic rings. The maximum atomic E-state index is 12.4. The Labute approximate surface area is 123 Å². The highest BCUT2D eigenvalue weighted by Crippen LogP contribution is 2.18. The minimum absolute atomic E-state index is 0.405. The third kappa shape index (κ3) is 4.91. The van der Waals surface area contributed by atoms with E-state index >= 15 is 0 Å². The van der Waals surface area contributed by atoms with E-state index in [1.807, 2.05) is 26.0 Å². The van der Waals surface area contributed by atoms with Crippen molar-refractivity contribution in [3.05, 3.63) is 29.3 Å². The van der Waals surface area contributed by atoms with Crippen molar-refractivity contribution >= 4 is 10.0 Å². The summed E-state index contributed by atoms with van der Waals surface area (Å²) in [6.45, 7) is 8.56. The molecule has 0 saturated carbocycles. The molecule has 0 aromatic heterocycles. The molecule has 1 rings (SSSR count). The zero-order valence-corrected chi connectivity index (χ0v) is 13.9. The molecule has 1 unspecified atom stereocenters. The summed E-state index contributed by atoms with van der Waals surface area (Å²) in [6.07, 6.45) is 4.40. The number of hydrogen-bond donors (Lipinski definition) is 1. The maximum absolute atomic E-state index is 12.4. The van der Waals surface area contributed by atoms with Crippen LogP contribution in [-0.4, -0.2) is 15.0 Å². The molecule has 0 aliphatic carbocycles. The summed E-state index contributed by atoms with van der Waals surface area (Å²) >= 11 is 0. The highest BCUT2D eigenvalue weighted by molar-refractivity contribution is 7.89. The van der Waals surface area contributed by atoms with Crippen molar-refractivity contribution in [3.63, 3.8) is 0 Å². The van der Waals surface area contributed by atoms with Gasteiger partial charge < -0.3 is 0 Å². The summed E-state index contributed by atoms with van der Waals surface area (Å²) in [4.78, 5) is 0.405. The Balaban J connectivity index is 2.76. The predicted molar refractivity (Wildman–Crippen MR) is 84.4 cm³/mol. The van der Waals surface area contributed by atoms with Crippen molar-refractivity contribution in [2.45, 2.75) is 58.3 Å². The Bertz CT molecular complexity index is 523. The maximum Gasteiger partial charge on any atom is 0.240 e. The number of unbranched alkanes of at least 4 members (excludes halogenated alkanes) is 1. The van der Waals surface area contributed by atoms with Gasteiger partial charge in [0, 0.05) is 6.54 Å². The number of hydrogen-bond acceptors (Lipinski definition) is 2. The van der Waals surface area contributed by atoms with E-state index in [2.05, 4.69) is 18.6 Å². The first kappa shape index (κ1) is 17.2. The Morgan fingerprint density at radius 3 is 2.50 bits per heavy atom. The van der Waals surface area contributed by atoms with Gasteiger partial charge in [0.1, 0.15) is 0 Å². The lowest BCUT2D eigenvalue weighted by atomic mass is 10.00. The summed E-state index contributed by atoms with van der Waals surface area (Å²) in [5.74, 6) is 0.426. The lowest BCUT2D eigenvalue weighted by Crippen LogP contribution is -2.29. The van der Waals surface area contributed by atoms with E-state index in [1.54, 1.807) is 6.07 Å². The molecule has 0 spiro atoms. The topological polar surface area (TPSA) is 46.2 Å². The molecule has 1 aromatic rings. The third-order valence-corrected chi connectivity index (χ3v) is 5.30. The van der Waals surface area contributed by atoms with E-state index in [1.165, 1.54) is 0 Å². The summed E-state index contributed by atoms with van der Waals surface area (Å²) in [5.41, 5.74) is 1.76. The Hall–Kier alpha value is -0.870. The lowest BCUT2D eigenvalue weighted by Gasteiger charge is -2.16. The second kappa shape index (κ2) is 7.79. The van der Waals surface area contributed by atoms with Crippen LogP contribution in [0.3, 0.4) is 0 Å². The zero-order chi connectivity index (χ0) is 15.2. The number of sulfonamides is 1. The first-order chi connectivity index (χ1) is 9.40. The van der Waals surface area contributed by atoms with E-state index in [0.717, 1.165) is 36.8 Å². The van der Waals surface area contributed by atoms with Gasteiger partial charge in [0.2, 0.25) is 10.0 Å². The standard InChI is InChI=1S/C16H27NO2S/c1-5-7-8-15(6-2)12-17-20(18,19)16-11-13(3)9-10-14(16)4/h9-11,15,17H,5-8,12H2,1-4H3. The van der Waals surface area contributed by atoms with Gasteiger partial charge in [-0.25, -0.2) is 13.1 Å². The first-order valence-corrected chi connectivity index (χ1v) is 8.96. The highest BCUT2D eigenvalue weighted by Gasteiger charge is 2.18. The van der Waals surface area contributed by atoms with Gasteiger partial charge in [-0.1, -0.05) is 45.2 Å². The van der Waals surface area contributed by atoms with Crippen LogP contribution in [0.1, 0.15) is 50.7 Å². The number of rotatable bonds is 8. The molecule has 0 radical (unpaired) electrons. The smallest absolute Gasteiger partial charge is 0.211 e. The van der Waals surface area contributed by atoms with Crippen LogP contribution in [0.4, 0.5) is 0 Å². The van der Waals surface area contributed by atoms with E-state index in [-0.39, 0.29) is 0 Å². The van der Waals surface area contributed by atoms with Crippen LogP contribution >= 0.6 is 0 Å². The minimum atomic E-state index is -3.39. The molecule has 0 heterocycles. The van der Waals surface area contributed by atoms with Crippen LogP contribution in [0.5, 0.6) is 0 Å². The number of aryl methyl sites for hydroxylation is 2. The van der Waals surface area contributed by atoms with E-state index in [0.29, 0.717) is 17.4 Å². The van der Waals surface area contributed by atoms with Gasteiger partial charge in [0.15, 0.2) is 0 Å². The van der Waals surface area contributed by atoms with Gasteiger partial charge in [-0.2, -0.15) is 0 Å². The third-order valence-electron chi connectivity index (χ3n) is 3.74. The fraction of sp³-hybridized carbons (Fsp3) is 0.625. The van der Waals surface area contributed by atoms with Crippen LogP contribution in [-0.2, 0) is 10.0 Å². The molecule has 1 N–H and O–H groups in total. The molecule has 0 bridgehead atoms. The molecule has 3 nitrogen and oxygen atoms in total. The SMILES string of the molecule is CCCCC(CC)CNS(=O)(=O)c1cc(C)ccc1C. The Morgan fingerprint density at radius 1 is 1.20 bits per heavy atom. The molecule has 0 fully saturated rings. The van der Waals surface area contributed by atoms with Crippen molar-refractivity contribution in [2.24, 2.45) is 5.92 Å². The molecule has 114 valence electrons. The second-order valence-electron chi connectivity index (χ2n) is 5.54. The van der Waals surface area contributed by atoms with Gasteiger partial charge in [0.25, 0.3) is 0 Å². The summed E-state index contributed by atoms with van der Waals surface area (Å²) in [7, 11) is -3.39. The van der Waals surface area contributed by atoms with E-state index in [9.17, 15) is 8.42 Å². The van der Waals surface area contributed by atoms with Crippen LogP contribution < -0.4 is 4.72 Å². The fourth-order valence-electron chi connectivity index (χ4n) is 2.25. The monoisotopic (exact) mass is 297 g/mol. The molecule has 4 heteroatoms. The molecular formula is C16H27NO2S. The summed E-state index contributed by atoms with van der Waals surface area (Å²) in [6, 6.07) is 5.54. The molecule has 20 heavy (non-hydrogen) atoms. The highest BCUT2D eigenvalue weighted by atomic mass is 32.2. The quantitative estimate of drug-likeness (QED) is 0.793. The predicted octanol–water partition coefficient (Wildman–Crippen LogP) is 3.80. The lowest BCUT2D eigenvalue weighted by molar-refractivity contribution is 0.443. The van der Waals surface area contributed by atoms with E-state index < -0.39 is 10.0 Å². The van der Waals surface area contributed by atoms with Crippen LogP contribution in [0, 0.1) is 19.8 Å². The molecule has 1 atom stereocenters. The fourth-order valence-corrected chi connectivity index (χ4v) is 3.69. The average molecular weight is 297 g/mol. The average Bonchev–Trinajstić information content (AvgIpc) is 2.41. The zero-order valence-electron chi connectivity index (χ0n) is 13.1. The van der Waals surface area contributed by atoms with Crippen molar-refractivity contribution in [3.8, 4) is 0 Å². The van der Waals surface area contributed by atoms with Gasteiger partial charge in [-0.3, -0.25) is 0 Å². The largest absolute Gasteiger partial charge is 0.240 e. The minimum Gasteiger partial charge on any atom is -0.211 e. The van der Waals surface area contributed by atoms with Gasteiger partial charge in [-0.05, 0) is 43.4 Å². The molecular weight excluding hydrogens is 270 g/mol. The molecule has 1 aromatic carbocycles. The molecule has 0 amide bonds. The summed E-state index contributed by atoms with van der Waals surface area (Å²) < 4.78 is 27.6. The van der Waals surface area contributed by atoms with Crippen molar-refractivity contribution in [1.29, 1.82) is 0 Å². The van der Waals surface area contributed by atoms with Crippen molar-refractivity contribution in [2.75, 3.05) is 6.54 Å². The molecule has 0 saturated heterocycles. The normalized spacial score (nSPS) is 13.4. The van der Waals surface area contributed by atoms with Gasteiger partial charge in [-0.15, -0.1) is 0 Å². The number of nitrogens with one attached hydrogen (secondary N) is 1.